The van der Waals surface area contributed by atoms with Crippen molar-refractivity contribution in [3.05, 3.63) is 11.3 Å². The van der Waals surface area contributed by atoms with E-state index in [-0.39, 0.29) is 37.5 Å². The van der Waals surface area contributed by atoms with Gasteiger partial charge in [0.05, 0.1) is 25.7 Å². The highest BCUT2D eigenvalue weighted by Gasteiger charge is 2.85. The van der Waals surface area contributed by atoms with Crippen LogP contribution in [0.1, 0.15) is 47.0 Å². The largest absolute Gasteiger partial charge is 0.504 e. The molecule has 0 amide bonds. The second-order valence-electron chi connectivity index (χ2n) is 11.9. The van der Waals surface area contributed by atoms with Gasteiger partial charge in [0.25, 0.3) is 0 Å². The van der Waals surface area contributed by atoms with Gasteiger partial charge < -0.3 is 34.3 Å². The molecule has 0 aromatic carbocycles. The molecule has 10 atom stereocenters. The minimum absolute atomic E-state index is 0.00513. The third kappa shape index (κ3) is 3.10. The van der Waals surface area contributed by atoms with Crippen LogP contribution in [-0.4, -0.2) is 82.7 Å². The molecular formula is C26H34O11. The van der Waals surface area contributed by atoms with Crippen LogP contribution >= 0.6 is 0 Å². The summed E-state index contributed by atoms with van der Waals surface area (Å²) in [5.41, 5.74) is -4.05. The molecule has 2 aliphatic heterocycles. The summed E-state index contributed by atoms with van der Waals surface area (Å²) in [7, 11) is 1.10. The van der Waals surface area contributed by atoms with Crippen LogP contribution in [0.15, 0.2) is 11.3 Å². The molecule has 11 heteroatoms. The minimum atomic E-state index is -2.19. The van der Waals surface area contributed by atoms with Crippen LogP contribution in [-0.2, 0) is 38.1 Å². The number of allylic oxidation sites excluding steroid dienone is 2. The van der Waals surface area contributed by atoms with Gasteiger partial charge in [-0.1, -0.05) is 20.8 Å². The van der Waals surface area contributed by atoms with Crippen LogP contribution in [0.3, 0.4) is 0 Å². The lowest BCUT2D eigenvalue weighted by molar-refractivity contribution is -0.290. The number of ketones is 1. The number of rotatable bonds is 4. The van der Waals surface area contributed by atoms with Crippen LogP contribution in [0.2, 0.25) is 0 Å². The number of aliphatic hydroxyl groups excluding tert-OH is 3. The van der Waals surface area contributed by atoms with E-state index in [0.29, 0.717) is 5.57 Å². The fraction of sp³-hybridized carbons (Fsp3) is 0.769. The van der Waals surface area contributed by atoms with Crippen molar-refractivity contribution in [3.8, 4) is 0 Å². The highest BCUT2D eigenvalue weighted by atomic mass is 16.6. The Morgan fingerprint density at radius 1 is 1.19 bits per heavy atom. The van der Waals surface area contributed by atoms with E-state index in [4.69, 9.17) is 18.9 Å². The van der Waals surface area contributed by atoms with Crippen molar-refractivity contribution in [2.75, 3.05) is 13.7 Å². The van der Waals surface area contributed by atoms with Crippen molar-refractivity contribution < 1.29 is 53.4 Å². The number of esters is 3. The van der Waals surface area contributed by atoms with Gasteiger partial charge in [0.2, 0.25) is 11.7 Å². The lowest BCUT2D eigenvalue weighted by atomic mass is 9.38. The van der Waals surface area contributed by atoms with Gasteiger partial charge in [-0.15, -0.1) is 0 Å². The number of hydrogen-bond acceptors (Lipinski definition) is 11. The van der Waals surface area contributed by atoms with Crippen LogP contribution in [0.25, 0.3) is 0 Å². The summed E-state index contributed by atoms with van der Waals surface area (Å²) in [6, 6.07) is 0. The predicted octanol–water partition coefficient (Wildman–Crippen LogP) is 0.597. The van der Waals surface area contributed by atoms with Gasteiger partial charge in [-0.25, -0.2) is 9.59 Å². The molecule has 204 valence electrons. The number of hydrogen-bond donors (Lipinski definition) is 3. The molecule has 37 heavy (non-hydrogen) atoms. The Balaban J connectivity index is 1.72. The molecule has 4 fully saturated rings. The Morgan fingerprint density at radius 2 is 1.86 bits per heavy atom. The van der Waals surface area contributed by atoms with E-state index in [1.54, 1.807) is 13.8 Å². The molecule has 3 unspecified atom stereocenters. The van der Waals surface area contributed by atoms with E-state index in [1.165, 1.54) is 0 Å². The van der Waals surface area contributed by atoms with Gasteiger partial charge in [0.1, 0.15) is 12.2 Å². The number of ether oxygens (including phenoxy) is 4. The summed E-state index contributed by atoms with van der Waals surface area (Å²) in [4.78, 5) is 52.3. The van der Waals surface area contributed by atoms with E-state index in [1.807, 2.05) is 13.8 Å². The Hall–Kier alpha value is -2.50. The monoisotopic (exact) mass is 522 g/mol. The molecule has 0 radical (unpaired) electrons. The number of carbonyl (C=O) groups is 4. The molecule has 2 saturated carbocycles. The lowest BCUT2D eigenvalue weighted by Crippen LogP contribution is -2.79. The van der Waals surface area contributed by atoms with Crippen molar-refractivity contribution in [1.82, 2.24) is 0 Å². The lowest BCUT2D eigenvalue weighted by Gasteiger charge is -2.67. The molecule has 0 aromatic rings. The zero-order valence-electron chi connectivity index (χ0n) is 21.6. The van der Waals surface area contributed by atoms with Crippen molar-refractivity contribution in [1.29, 1.82) is 0 Å². The Bertz CT molecular complexity index is 1100. The zero-order chi connectivity index (χ0) is 27.2. The normalized spacial score (nSPS) is 46.2. The molecule has 2 saturated heterocycles. The Kier molecular flexibility index (Phi) is 5.82. The third-order valence-electron chi connectivity index (χ3n) is 9.67. The third-order valence-corrected chi connectivity index (χ3v) is 9.67. The van der Waals surface area contributed by atoms with Gasteiger partial charge >= 0.3 is 17.9 Å². The summed E-state index contributed by atoms with van der Waals surface area (Å²) in [5, 5.41) is 33.6. The van der Waals surface area contributed by atoms with Gasteiger partial charge in [-0.05, 0) is 36.2 Å². The molecule has 2 bridgehead atoms. The molecule has 5 aliphatic rings. The minimum Gasteiger partial charge on any atom is -0.504 e. The molecule has 1 spiro atoms. The van der Waals surface area contributed by atoms with E-state index in [2.05, 4.69) is 0 Å². The zero-order valence-corrected chi connectivity index (χ0v) is 21.6. The number of methoxy groups -OCH3 is 1. The highest BCUT2D eigenvalue weighted by molar-refractivity contribution is 5.95. The number of Topliss-reactive ketones (excluding diaryl/α,β-unsaturated/α-hetero) is 1. The first kappa shape index (κ1) is 26.1. The number of fused-ring (bicyclic) bond motifs is 2. The van der Waals surface area contributed by atoms with E-state index in [0.717, 1.165) is 7.11 Å². The second-order valence-corrected chi connectivity index (χ2v) is 11.9. The quantitative estimate of drug-likeness (QED) is 0.349. The maximum absolute atomic E-state index is 13.4. The average Bonchev–Trinajstić information content (AvgIpc) is 3.12. The van der Waals surface area contributed by atoms with Gasteiger partial charge in [-0.2, -0.15) is 0 Å². The summed E-state index contributed by atoms with van der Waals surface area (Å²) >= 11 is 0. The first-order valence-corrected chi connectivity index (χ1v) is 12.7. The fourth-order valence-corrected chi connectivity index (χ4v) is 8.38. The first-order chi connectivity index (χ1) is 17.3. The second kappa shape index (κ2) is 8.25. The van der Waals surface area contributed by atoms with Crippen LogP contribution in [0.5, 0.6) is 0 Å². The summed E-state index contributed by atoms with van der Waals surface area (Å²) < 4.78 is 22.6. The Morgan fingerprint density at radius 3 is 2.49 bits per heavy atom. The fourth-order valence-electron chi connectivity index (χ4n) is 8.38. The molecular weight excluding hydrogens is 488 g/mol. The summed E-state index contributed by atoms with van der Waals surface area (Å²) in [6.07, 6.45) is -5.87. The molecule has 2 heterocycles. The molecule has 5 rings (SSSR count). The number of aliphatic hydroxyl groups is 3. The van der Waals surface area contributed by atoms with Crippen LogP contribution in [0.4, 0.5) is 0 Å². The standard InChI is InChI=1S/C26H34O11/c1-10(2)6-15(28)37-18-20-25-9-35-26(20,23(33)34-5)21(31)17(30)19(25)24(4)8-13(27)16(29)11(3)12(24)7-14(25)36-22(18)32/h10,12,14,17-21,29-31H,6-9H2,1-5H3/t12-,14+,17?,18?,19+,20+,21?,24-,25+,26-/m0/s1. The Labute approximate surface area is 214 Å². The van der Waals surface area contributed by atoms with E-state index in [9.17, 15) is 34.5 Å². The SMILES string of the molecule is COC(=O)[C@@]12OC[C@]34[C@H](C(O)C1O)[C@@]1(C)CC(=O)C(O)=C(C)[C@@H]1C[C@H]3OC(=O)C(OC(=O)CC(C)C)[C@H]42. The van der Waals surface area contributed by atoms with Gasteiger partial charge in [0, 0.05) is 24.2 Å². The van der Waals surface area contributed by atoms with E-state index < -0.39 is 82.3 Å². The predicted molar refractivity (Wildman–Crippen MR) is 123 cm³/mol. The molecule has 0 aromatic heterocycles. The van der Waals surface area contributed by atoms with Crippen molar-refractivity contribution >= 4 is 23.7 Å². The summed E-state index contributed by atoms with van der Waals surface area (Å²) in [6.45, 7) is 6.84. The van der Waals surface area contributed by atoms with Crippen molar-refractivity contribution in [2.24, 2.45) is 34.5 Å². The van der Waals surface area contributed by atoms with Crippen LogP contribution in [0, 0.1) is 34.5 Å². The maximum Gasteiger partial charge on any atom is 0.348 e. The van der Waals surface area contributed by atoms with Crippen molar-refractivity contribution in [2.45, 2.75) is 77.0 Å². The average molecular weight is 523 g/mol. The van der Waals surface area contributed by atoms with Gasteiger partial charge in [-0.3, -0.25) is 9.59 Å². The first-order valence-electron chi connectivity index (χ1n) is 12.7. The van der Waals surface area contributed by atoms with Crippen LogP contribution < -0.4 is 0 Å². The van der Waals surface area contributed by atoms with E-state index >= 15 is 0 Å². The topological polar surface area (TPSA) is 166 Å². The molecule has 3 aliphatic carbocycles. The summed E-state index contributed by atoms with van der Waals surface area (Å²) in [5.74, 6) is -6.09. The smallest absolute Gasteiger partial charge is 0.348 e. The number of carbonyl (C=O) groups excluding carboxylic acids is 4. The maximum atomic E-state index is 13.4. The molecule has 3 N–H and O–H groups in total. The highest BCUT2D eigenvalue weighted by Crippen LogP contribution is 2.72. The molecule has 11 nitrogen and oxygen atoms in total. The van der Waals surface area contributed by atoms with Crippen molar-refractivity contribution in [3.63, 3.8) is 0 Å². The van der Waals surface area contributed by atoms with Gasteiger partial charge in [0.15, 0.2) is 11.5 Å².